The monoisotopic (exact) mass is 329 g/mol. The third kappa shape index (κ3) is 5.06. The Kier molecular flexibility index (Phi) is 6.72. The Hall–Kier alpha value is -1.52. The highest BCUT2D eigenvalue weighted by molar-refractivity contribution is 6.42. The molecule has 0 aromatic heterocycles. The highest BCUT2D eigenvalue weighted by Gasteiger charge is 2.17. The lowest BCUT2D eigenvalue weighted by Gasteiger charge is -2.18. The van der Waals surface area contributed by atoms with E-state index in [1.54, 1.807) is 38.2 Å². The fourth-order valence-electron chi connectivity index (χ4n) is 1.71. The summed E-state index contributed by atoms with van der Waals surface area (Å²) in [5.41, 5.74) is 0.659. The van der Waals surface area contributed by atoms with Crippen LogP contribution in [0.25, 0.3) is 6.08 Å². The molecule has 4 nitrogen and oxygen atoms in total. The molecule has 0 saturated heterocycles. The summed E-state index contributed by atoms with van der Waals surface area (Å²) in [5.74, 6) is -0.967. The zero-order chi connectivity index (χ0) is 16.0. The molecule has 0 heterocycles. The molecular weight excluding hydrogens is 313 g/mol. The van der Waals surface area contributed by atoms with Crippen molar-refractivity contribution >= 4 is 41.2 Å². The predicted molar refractivity (Wildman–Crippen MR) is 84.3 cm³/mol. The molecule has 114 valence electrons. The second-order valence-electron chi connectivity index (χ2n) is 4.62. The van der Waals surface area contributed by atoms with Gasteiger partial charge in [-0.2, -0.15) is 0 Å². The number of amides is 1. The molecule has 0 spiro atoms. The van der Waals surface area contributed by atoms with Crippen LogP contribution in [-0.2, 0) is 14.3 Å². The summed E-state index contributed by atoms with van der Waals surface area (Å²) in [6.45, 7) is 1.98. The van der Waals surface area contributed by atoms with E-state index in [4.69, 9.17) is 23.2 Å². The summed E-state index contributed by atoms with van der Waals surface area (Å²) < 4.78 is 4.62. The molecule has 0 fully saturated rings. The van der Waals surface area contributed by atoms with Gasteiger partial charge >= 0.3 is 5.97 Å². The summed E-state index contributed by atoms with van der Waals surface area (Å²) in [6.07, 6.45) is 2.98. The van der Waals surface area contributed by atoms with Gasteiger partial charge in [-0.15, -0.1) is 0 Å². The largest absolute Gasteiger partial charge is 0.469 e. The van der Waals surface area contributed by atoms with E-state index in [0.717, 1.165) is 0 Å². The number of rotatable bonds is 5. The van der Waals surface area contributed by atoms with Gasteiger partial charge in [0.15, 0.2) is 0 Å². The first-order chi connectivity index (χ1) is 9.86. The van der Waals surface area contributed by atoms with Gasteiger partial charge in [-0.1, -0.05) is 42.3 Å². The van der Waals surface area contributed by atoms with Crippen molar-refractivity contribution in [1.29, 1.82) is 0 Å². The molecule has 0 N–H and O–H groups in total. The quantitative estimate of drug-likeness (QED) is 0.615. The lowest BCUT2D eigenvalue weighted by molar-refractivity contribution is -0.145. The Morgan fingerprint density at radius 3 is 2.67 bits per heavy atom. The molecule has 0 bridgehead atoms. The number of hydrogen-bond acceptors (Lipinski definition) is 3. The molecule has 1 amide bonds. The maximum absolute atomic E-state index is 12.0. The molecule has 0 aliphatic carbocycles. The van der Waals surface area contributed by atoms with Gasteiger partial charge in [0.1, 0.15) is 0 Å². The van der Waals surface area contributed by atoms with Crippen molar-refractivity contribution in [3.63, 3.8) is 0 Å². The highest BCUT2D eigenvalue weighted by Crippen LogP contribution is 2.26. The summed E-state index contributed by atoms with van der Waals surface area (Å²) in [7, 11) is 2.94. The lowest BCUT2D eigenvalue weighted by Crippen LogP contribution is -2.33. The van der Waals surface area contributed by atoms with Gasteiger partial charge in [-0.05, 0) is 17.7 Å². The van der Waals surface area contributed by atoms with Crippen LogP contribution in [0.15, 0.2) is 24.3 Å². The molecule has 1 atom stereocenters. The van der Waals surface area contributed by atoms with Crippen molar-refractivity contribution in [3.05, 3.63) is 39.9 Å². The minimum absolute atomic E-state index is 0.234. The van der Waals surface area contributed by atoms with Gasteiger partial charge in [0.05, 0.1) is 23.1 Å². The molecule has 1 unspecified atom stereocenters. The van der Waals surface area contributed by atoms with Crippen LogP contribution in [-0.4, -0.2) is 37.5 Å². The highest BCUT2D eigenvalue weighted by atomic mass is 35.5. The molecule has 6 heteroatoms. The van der Waals surface area contributed by atoms with Crippen molar-refractivity contribution in [3.8, 4) is 0 Å². The van der Waals surface area contributed by atoms with Crippen LogP contribution in [0.4, 0.5) is 0 Å². The first kappa shape index (κ1) is 17.5. The third-order valence-electron chi connectivity index (χ3n) is 2.91. The average molecular weight is 330 g/mol. The predicted octanol–water partition coefficient (Wildman–Crippen LogP) is 3.27. The van der Waals surface area contributed by atoms with Crippen LogP contribution in [0.3, 0.4) is 0 Å². The summed E-state index contributed by atoms with van der Waals surface area (Å²) >= 11 is 11.9. The van der Waals surface area contributed by atoms with E-state index in [-0.39, 0.29) is 24.3 Å². The molecule has 0 saturated carbocycles. The maximum atomic E-state index is 12.0. The van der Waals surface area contributed by atoms with Crippen LogP contribution in [0.1, 0.15) is 12.5 Å². The summed E-state index contributed by atoms with van der Waals surface area (Å²) in [6, 6.07) is 5.18. The molecular formula is C15H17Cl2NO3. The van der Waals surface area contributed by atoms with Gasteiger partial charge in [0.25, 0.3) is 0 Å². The number of ether oxygens (including phenoxy) is 1. The fraction of sp³-hybridized carbons (Fsp3) is 0.333. The molecule has 0 aliphatic heterocycles. The van der Waals surface area contributed by atoms with E-state index in [2.05, 4.69) is 4.74 Å². The normalized spacial score (nSPS) is 12.2. The lowest BCUT2D eigenvalue weighted by atomic mass is 10.1. The standard InChI is InChI=1S/C15H17Cl2NO3/c1-10(15(20)21-3)9-18(2)13(19)8-7-11-5-4-6-12(16)14(11)17/h4-8,10H,9H2,1-3H3. The van der Waals surface area contributed by atoms with Crippen LogP contribution in [0.2, 0.25) is 10.0 Å². The zero-order valence-electron chi connectivity index (χ0n) is 12.1. The van der Waals surface area contributed by atoms with Crippen molar-refractivity contribution in [2.24, 2.45) is 5.92 Å². The SMILES string of the molecule is COC(=O)C(C)CN(C)C(=O)C=Cc1cccc(Cl)c1Cl. The van der Waals surface area contributed by atoms with E-state index in [0.29, 0.717) is 15.6 Å². The van der Waals surface area contributed by atoms with Crippen molar-refractivity contribution in [2.75, 3.05) is 20.7 Å². The van der Waals surface area contributed by atoms with Crippen LogP contribution in [0, 0.1) is 5.92 Å². The summed E-state index contributed by atoms with van der Waals surface area (Å²) in [4.78, 5) is 24.7. The minimum Gasteiger partial charge on any atom is -0.469 e. The van der Waals surface area contributed by atoms with E-state index in [1.165, 1.54) is 18.1 Å². The van der Waals surface area contributed by atoms with Crippen molar-refractivity contribution < 1.29 is 14.3 Å². The number of halogens is 2. The number of methoxy groups -OCH3 is 1. The molecule has 0 aliphatic rings. The second-order valence-corrected chi connectivity index (χ2v) is 5.40. The Labute approximate surface area is 134 Å². The third-order valence-corrected chi connectivity index (χ3v) is 3.75. The molecule has 21 heavy (non-hydrogen) atoms. The number of benzene rings is 1. The smallest absolute Gasteiger partial charge is 0.310 e. The van der Waals surface area contributed by atoms with Gasteiger partial charge in [-0.3, -0.25) is 9.59 Å². The van der Waals surface area contributed by atoms with Crippen LogP contribution < -0.4 is 0 Å². The topological polar surface area (TPSA) is 46.6 Å². The number of carbonyl (C=O) groups is 2. The molecule has 1 aromatic rings. The van der Waals surface area contributed by atoms with Gasteiger partial charge in [-0.25, -0.2) is 0 Å². The number of hydrogen-bond donors (Lipinski definition) is 0. The van der Waals surface area contributed by atoms with E-state index >= 15 is 0 Å². The van der Waals surface area contributed by atoms with Gasteiger partial charge in [0.2, 0.25) is 5.91 Å². The Morgan fingerprint density at radius 2 is 2.05 bits per heavy atom. The van der Waals surface area contributed by atoms with Crippen molar-refractivity contribution in [2.45, 2.75) is 6.92 Å². The zero-order valence-corrected chi connectivity index (χ0v) is 13.6. The number of esters is 1. The minimum atomic E-state index is -0.382. The van der Waals surface area contributed by atoms with Crippen LogP contribution >= 0.6 is 23.2 Å². The van der Waals surface area contributed by atoms with Gasteiger partial charge < -0.3 is 9.64 Å². The first-order valence-electron chi connectivity index (χ1n) is 6.31. The van der Waals surface area contributed by atoms with E-state index in [9.17, 15) is 9.59 Å². The Balaban J connectivity index is 2.70. The molecule has 0 radical (unpaired) electrons. The second kappa shape index (κ2) is 8.05. The Morgan fingerprint density at radius 1 is 1.38 bits per heavy atom. The number of nitrogens with zero attached hydrogens (tertiary/aromatic N) is 1. The van der Waals surface area contributed by atoms with Crippen molar-refractivity contribution in [1.82, 2.24) is 4.90 Å². The maximum Gasteiger partial charge on any atom is 0.310 e. The van der Waals surface area contributed by atoms with E-state index < -0.39 is 0 Å². The summed E-state index contributed by atoms with van der Waals surface area (Å²) in [5, 5.41) is 0.827. The number of carbonyl (C=O) groups excluding carboxylic acids is 2. The van der Waals surface area contributed by atoms with Gasteiger partial charge in [0, 0.05) is 19.7 Å². The van der Waals surface area contributed by atoms with Crippen LogP contribution in [0.5, 0.6) is 0 Å². The molecule has 1 aromatic carbocycles. The Bertz CT molecular complexity index is 558. The molecule has 1 rings (SSSR count). The first-order valence-corrected chi connectivity index (χ1v) is 7.07. The fourth-order valence-corrected chi connectivity index (χ4v) is 2.08. The number of likely N-dealkylation sites (N-methyl/N-ethyl adjacent to an activating group) is 1. The van der Waals surface area contributed by atoms with E-state index in [1.807, 2.05) is 0 Å². The average Bonchev–Trinajstić information content (AvgIpc) is 2.47.